The molecule has 0 saturated heterocycles. The van der Waals surface area contributed by atoms with Gasteiger partial charge < -0.3 is 10.9 Å². The molecule has 0 unspecified atom stereocenters. The third-order valence-electron chi connectivity index (χ3n) is 3.10. The molecule has 0 aliphatic heterocycles. The van der Waals surface area contributed by atoms with E-state index in [1.54, 1.807) is 0 Å². The van der Waals surface area contributed by atoms with Crippen LogP contribution in [0, 0.1) is 0 Å². The lowest BCUT2D eigenvalue weighted by atomic mass is 9.94. The first-order valence-electron chi connectivity index (χ1n) is 5.98. The Kier molecular flexibility index (Phi) is 5.47. The summed E-state index contributed by atoms with van der Waals surface area (Å²) in [6.07, 6.45) is 7.65. The lowest BCUT2D eigenvalue weighted by molar-refractivity contribution is 0.175. The summed E-state index contributed by atoms with van der Waals surface area (Å²) in [5.74, 6) is 0.328. The number of amidine groups is 1. The average Bonchev–Trinajstić information content (AvgIpc) is 2.29. The van der Waals surface area contributed by atoms with E-state index >= 15 is 0 Å². The highest BCUT2D eigenvalue weighted by Gasteiger charge is 2.20. The molecule has 3 N–H and O–H groups in total. The highest BCUT2D eigenvalue weighted by atomic mass is 16.4. The van der Waals surface area contributed by atoms with Crippen molar-refractivity contribution in [2.75, 3.05) is 13.1 Å². The van der Waals surface area contributed by atoms with E-state index in [1.165, 1.54) is 32.1 Å². The summed E-state index contributed by atoms with van der Waals surface area (Å²) in [6, 6.07) is 0.638. The van der Waals surface area contributed by atoms with Crippen LogP contribution >= 0.6 is 0 Å². The van der Waals surface area contributed by atoms with Crippen LogP contribution in [-0.2, 0) is 0 Å². The van der Waals surface area contributed by atoms with Crippen LogP contribution in [-0.4, -0.2) is 35.1 Å². The monoisotopic (exact) mass is 213 g/mol. The van der Waals surface area contributed by atoms with Gasteiger partial charge in [0.2, 0.25) is 0 Å². The molecule has 1 aliphatic carbocycles. The normalized spacial score (nSPS) is 19.7. The second-order valence-electron chi connectivity index (χ2n) is 4.35. The molecule has 0 bridgehead atoms. The Morgan fingerprint density at radius 2 is 2.07 bits per heavy atom. The third-order valence-corrected chi connectivity index (χ3v) is 3.10. The van der Waals surface area contributed by atoms with Crippen molar-refractivity contribution in [2.24, 2.45) is 10.9 Å². The van der Waals surface area contributed by atoms with Gasteiger partial charge in [-0.25, -0.2) is 0 Å². The van der Waals surface area contributed by atoms with Crippen LogP contribution < -0.4 is 5.73 Å². The minimum atomic E-state index is 0.328. The standard InChI is InChI=1S/C11H23N3O/c1-2-8-14(9-11(12)13-15)10-6-4-3-5-7-10/h10,15H,2-9H2,1H3,(H2,12,13). The van der Waals surface area contributed by atoms with Gasteiger partial charge in [-0.3, -0.25) is 4.90 Å². The maximum atomic E-state index is 8.59. The van der Waals surface area contributed by atoms with Crippen molar-refractivity contribution < 1.29 is 5.21 Å². The van der Waals surface area contributed by atoms with E-state index in [4.69, 9.17) is 10.9 Å². The Hall–Kier alpha value is -0.770. The molecule has 1 aliphatic rings. The maximum absolute atomic E-state index is 8.59. The van der Waals surface area contributed by atoms with Crippen molar-refractivity contribution in [2.45, 2.75) is 51.5 Å². The number of hydrogen-bond donors (Lipinski definition) is 2. The van der Waals surface area contributed by atoms with Crippen molar-refractivity contribution in [3.63, 3.8) is 0 Å². The molecule has 4 heteroatoms. The van der Waals surface area contributed by atoms with Crippen LogP contribution in [0.25, 0.3) is 0 Å². The summed E-state index contributed by atoms with van der Waals surface area (Å²) in [4.78, 5) is 2.36. The van der Waals surface area contributed by atoms with Crippen molar-refractivity contribution in [3.05, 3.63) is 0 Å². The van der Waals surface area contributed by atoms with Gasteiger partial charge in [0.25, 0.3) is 0 Å². The predicted octanol–water partition coefficient (Wildman–Crippen LogP) is 1.78. The molecule has 1 fully saturated rings. The second kappa shape index (κ2) is 6.67. The number of nitrogens with two attached hydrogens (primary N) is 1. The molecule has 0 aromatic rings. The zero-order chi connectivity index (χ0) is 11.1. The molecule has 1 saturated carbocycles. The summed E-state index contributed by atoms with van der Waals surface area (Å²) >= 11 is 0. The Morgan fingerprint density at radius 3 is 2.60 bits per heavy atom. The maximum Gasteiger partial charge on any atom is 0.153 e. The van der Waals surface area contributed by atoms with Gasteiger partial charge >= 0.3 is 0 Å². The van der Waals surface area contributed by atoms with Crippen LogP contribution in [0.15, 0.2) is 5.16 Å². The molecular formula is C11H23N3O. The SMILES string of the molecule is CCCN(CC(N)=NO)C1CCCCC1. The molecule has 1 rings (SSSR count). The van der Waals surface area contributed by atoms with Gasteiger partial charge in [-0.2, -0.15) is 0 Å². The Morgan fingerprint density at radius 1 is 1.40 bits per heavy atom. The third kappa shape index (κ3) is 4.08. The molecule has 0 aromatic carbocycles. The molecular weight excluding hydrogens is 190 g/mol. The molecule has 4 nitrogen and oxygen atoms in total. The molecule has 88 valence electrons. The van der Waals surface area contributed by atoms with Crippen molar-refractivity contribution in [3.8, 4) is 0 Å². The smallest absolute Gasteiger partial charge is 0.153 e. The van der Waals surface area contributed by atoms with Crippen LogP contribution in [0.2, 0.25) is 0 Å². The fourth-order valence-electron chi connectivity index (χ4n) is 2.36. The average molecular weight is 213 g/mol. The van der Waals surface area contributed by atoms with Crippen LogP contribution in [0.3, 0.4) is 0 Å². The number of oxime groups is 1. The van der Waals surface area contributed by atoms with Crippen molar-refractivity contribution >= 4 is 5.84 Å². The highest BCUT2D eigenvalue weighted by Crippen LogP contribution is 2.22. The number of hydrogen-bond acceptors (Lipinski definition) is 3. The molecule has 0 amide bonds. The van der Waals surface area contributed by atoms with E-state index in [2.05, 4.69) is 17.0 Å². The van der Waals surface area contributed by atoms with E-state index in [9.17, 15) is 0 Å². The molecule has 0 spiro atoms. The van der Waals surface area contributed by atoms with Gasteiger partial charge in [-0.05, 0) is 25.8 Å². The minimum absolute atomic E-state index is 0.328. The second-order valence-corrected chi connectivity index (χ2v) is 4.35. The van der Waals surface area contributed by atoms with Gasteiger partial charge in [0.1, 0.15) is 0 Å². The van der Waals surface area contributed by atoms with Gasteiger partial charge in [0.15, 0.2) is 5.84 Å². The van der Waals surface area contributed by atoms with Gasteiger partial charge in [0, 0.05) is 6.04 Å². The Bertz CT molecular complexity index is 200. The minimum Gasteiger partial charge on any atom is -0.409 e. The molecule has 0 heterocycles. The molecule has 15 heavy (non-hydrogen) atoms. The first kappa shape index (κ1) is 12.3. The van der Waals surface area contributed by atoms with E-state index in [0.29, 0.717) is 18.4 Å². The summed E-state index contributed by atoms with van der Waals surface area (Å²) in [5, 5.41) is 11.6. The number of rotatable bonds is 5. The van der Waals surface area contributed by atoms with Crippen LogP contribution in [0.4, 0.5) is 0 Å². The van der Waals surface area contributed by atoms with E-state index in [1.807, 2.05) is 0 Å². The van der Waals surface area contributed by atoms with Gasteiger partial charge in [-0.1, -0.05) is 31.3 Å². The lowest BCUT2D eigenvalue weighted by Crippen LogP contribution is -2.42. The Balaban J connectivity index is 2.47. The fourth-order valence-corrected chi connectivity index (χ4v) is 2.36. The van der Waals surface area contributed by atoms with Crippen LogP contribution in [0.1, 0.15) is 45.4 Å². The summed E-state index contributed by atoms with van der Waals surface area (Å²) < 4.78 is 0. The van der Waals surface area contributed by atoms with Gasteiger partial charge in [-0.15, -0.1) is 0 Å². The first-order chi connectivity index (χ1) is 7.27. The topological polar surface area (TPSA) is 61.8 Å². The van der Waals surface area contributed by atoms with Crippen molar-refractivity contribution in [1.29, 1.82) is 0 Å². The summed E-state index contributed by atoms with van der Waals surface area (Å²) in [7, 11) is 0. The molecule has 0 radical (unpaired) electrons. The lowest BCUT2D eigenvalue weighted by Gasteiger charge is -2.33. The largest absolute Gasteiger partial charge is 0.409 e. The number of nitrogens with zero attached hydrogens (tertiary/aromatic N) is 2. The van der Waals surface area contributed by atoms with Crippen LogP contribution in [0.5, 0.6) is 0 Å². The zero-order valence-electron chi connectivity index (χ0n) is 9.65. The fraction of sp³-hybridized carbons (Fsp3) is 0.909. The summed E-state index contributed by atoms with van der Waals surface area (Å²) in [6.45, 7) is 3.82. The summed E-state index contributed by atoms with van der Waals surface area (Å²) in [5.41, 5.74) is 5.57. The highest BCUT2D eigenvalue weighted by molar-refractivity contribution is 5.81. The van der Waals surface area contributed by atoms with Gasteiger partial charge in [0.05, 0.1) is 6.54 Å². The van der Waals surface area contributed by atoms with E-state index in [-0.39, 0.29) is 0 Å². The first-order valence-corrected chi connectivity index (χ1v) is 5.98. The zero-order valence-corrected chi connectivity index (χ0v) is 9.65. The predicted molar refractivity (Wildman–Crippen MR) is 62.1 cm³/mol. The molecule has 0 aromatic heterocycles. The Labute approximate surface area is 92.1 Å². The molecule has 0 atom stereocenters. The quantitative estimate of drug-likeness (QED) is 0.317. The van der Waals surface area contributed by atoms with E-state index in [0.717, 1.165) is 13.0 Å². The van der Waals surface area contributed by atoms with E-state index < -0.39 is 0 Å². The van der Waals surface area contributed by atoms with Crippen molar-refractivity contribution in [1.82, 2.24) is 4.90 Å².